The molecule has 0 aliphatic rings. The molecule has 28 heavy (non-hydrogen) atoms. The van der Waals surface area contributed by atoms with Gasteiger partial charge < -0.3 is 4.74 Å². The first-order valence-electron chi connectivity index (χ1n) is 7.93. The summed E-state index contributed by atoms with van der Waals surface area (Å²) in [6.07, 6.45) is -3.38. The molecule has 0 unspecified atom stereocenters. The molecular weight excluding hydrogens is 396 g/mol. The van der Waals surface area contributed by atoms with Gasteiger partial charge >= 0.3 is 12.3 Å². The van der Waals surface area contributed by atoms with E-state index in [0.717, 1.165) is 16.8 Å². The summed E-state index contributed by atoms with van der Waals surface area (Å²) in [5.41, 5.74) is -0.113. The van der Waals surface area contributed by atoms with Gasteiger partial charge in [0.25, 0.3) is 0 Å². The van der Waals surface area contributed by atoms with Gasteiger partial charge in [-0.25, -0.2) is 18.7 Å². The van der Waals surface area contributed by atoms with Crippen LogP contribution in [-0.2, 0) is 6.18 Å². The molecule has 0 aliphatic carbocycles. The quantitative estimate of drug-likeness (QED) is 0.385. The first-order chi connectivity index (χ1) is 13.3. The van der Waals surface area contributed by atoms with Crippen molar-refractivity contribution in [2.75, 3.05) is 0 Å². The maximum atomic E-state index is 13.7. The first kappa shape index (κ1) is 18.2. The molecule has 0 aliphatic heterocycles. The van der Waals surface area contributed by atoms with Gasteiger partial charge in [0.1, 0.15) is 22.1 Å². The Morgan fingerprint density at radius 1 is 1.11 bits per heavy atom. The zero-order valence-corrected chi connectivity index (χ0v) is 14.7. The van der Waals surface area contributed by atoms with Crippen molar-refractivity contribution in [1.29, 1.82) is 0 Å². The highest BCUT2D eigenvalue weighted by atomic mass is 32.1. The molecule has 0 saturated carbocycles. The molecular formula is C19H10F4N2O2S. The molecule has 0 spiro atoms. The Kier molecular flexibility index (Phi) is 4.38. The molecule has 4 aromatic rings. The number of para-hydroxylation sites is 1. The lowest BCUT2D eigenvalue weighted by molar-refractivity contribution is -0.133. The fraction of sp³-hybridized carbons (Fsp3) is 0.0526. The number of alkyl halides is 3. The molecule has 3 aromatic heterocycles. The standard InChI is InChI=1S/C19H10F4N2O2S/c20-11-8-14-15(13-6-7-28-16(13)19(21,22)23)10-25(17(14)24-9-11)18(26)27-12-4-2-1-3-5-12/h1-10H. The van der Waals surface area contributed by atoms with Crippen LogP contribution in [0.4, 0.5) is 22.4 Å². The second-order valence-electron chi connectivity index (χ2n) is 5.78. The van der Waals surface area contributed by atoms with E-state index in [1.54, 1.807) is 30.3 Å². The molecule has 0 amide bonds. The number of hydrogen-bond donors (Lipinski definition) is 0. The Hall–Kier alpha value is -3.20. The molecule has 4 nitrogen and oxygen atoms in total. The fourth-order valence-corrected chi connectivity index (χ4v) is 3.59. The summed E-state index contributed by atoms with van der Waals surface area (Å²) >= 11 is 0.520. The third kappa shape index (κ3) is 3.24. The summed E-state index contributed by atoms with van der Waals surface area (Å²) in [5, 5.41) is 1.37. The number of carbonyl (C=O) groups is 1. The maximum absolute atomic E-state index is 13.7. The summed E-state index contributed by atoms with van der Waals surface area (Å²) in [6, 6.07) is 10.5. The molecule has 0 atom stereocenters. The predicted molar refractivity (Wildman–Crippen MR) is 95.9 cm³/mol. The lowest BCUT2D eigenvalue weighted by atomic mass is 10.1. The van der Waals surface area contributed by atoms with Crippen LogP contribution in [0.3, 0.4) is 0 Å². The third-order valence-electron chi connectivity index (χ3n) is 3.97. The summed E-state index contributed by atoms with van der Waals surface area (Å²) in [5.74, 6) is -0.476. The maximum Gasteiger partial charge on any atom is 0.426 e. The van der Waals surface area contributed by atoms with E-state index >= 15 is 0 Å². The molecule has 0 bridgehead atoms. The molecule has 9 heteroatoms. The lowest BCUT2D eigenvalue weighted by Crippen LogP contribution is -2.16. The van der Waals surface area contributed by atoms with Gasteiger partial charge in [0.2, 0.25) is 0 Å². The van der Waals surface area contributed by atoms with Gasteiger partial charge in [0.05, 0.1) is 6.20 Å². The van der Waals surface area contributed by atoms with Crippen LogP contribution in [0.5, 0.6) is 5.75 Å². The van der Waals surface area contributed by atoms with Crippen LogP contribution in [0, 0.1) is 5.82 Å². The highest BCUT2D eigenvalue weighted by Crippen LogP contribution is 2.43. The van der Waals surface area contributed by atoms with E-state index in [9.17, 15) is 22.4 Å². The van der Waals surface area contributed by atoms with Crippen molar-refractivity contribution in [2.45, 2.75) is 6.18 Å². The number of halogens is 4. The van der Waals surface area contributed by atoms with Crippen molar-refractivity contribution in [3.05, 3.63) is 70.9 Å². The first-order valence-corrected chi connectivity index (χ1v) is 8.81. The summed E-state index contributed by atoms with van der Waals surface area (Å²) in [4.78, 5) is 15.6. The zero-order chi connectivity index (χ0) is 19.9. The second-order valence-corrected chi connectivity index (χ2v) is 6.70. The fourth-order valence-electron chi connectivity index (χ4n) is 2.82. The van der Waals surface area contributed by atoms with Crippen molar-refractivity contribution >= 4 is 28.5 Å². The van der Waals surface area contributed by atoms with E-state index < -0.39 is 23.0 Å². The Morgan fingerprint density at radius 2 is 1.86 bits per heavy atom. The van der Waals surface area contributed by atoms with Crippen molar-refractivity contribution < 1.29 is 27.1 Å². The Bertz CT molecular complexity index is 1170. The average Bonchev–Trinajstić information content (AvgIpc) is 3.26. The van der Waals surface area contributed by atoms with Gasteiger partial charge in [-0.1, -0.05) is 18.2 Å². The molecule has 0 fully saturated rings. The van der Waals surface area contributed by atoms with E-state index in [2.05, 4.69) is 4.98 Å². The highest BCUT2D eigenvalue weighted by Gasteiger charge is 2.36. The van der Waals surface area contributed by atoms with Crippen LogP contribution in [-0.4, -0.2) is 15.6 Å². The van der Waals surface area contributed by atoms with Crippen molar-refractivity contribution in [3.8, 4) is 16.9 Å². The summed E-state index contributed by atoms with van der Waals surface area (Å²) in [7, 11) is 0. The summed E-state index contributed by atoms with van der Waals surface area (Å²) in [6.45, 7) is 0. The minimum atomic E-state index is -4.58. The number of thiophene rings is 1. The average molecular weight is 406 g/mol. The van der Waals surface area contributed by atoms with Crippen LogP contribution < -0.4 is 4.74 Å². The van der Waals surface area contributed by atoms with E-state index in [4.69, 9.17) is 4.74 Å². The number of benzene rings is 1. The molecule has 0 radical (unpaired) electrons. The third-order valence-corrected chi connectivity index (χ3v) is 4.93. The largest absolute Gasteiger partial charge is 0.426 e. The minimum Gasteiger partial charge on any atom is -0.410 e. The molecule has 1 aromatic carbocycles. The molecule has 4 rings (SSSR count). The van der Waals surface area contributed by atoms with Crippen molar-refractivity contribution in [3.63, 3.8) is 0 Å². The van der Waals surface area contributed by atoms with Crippen molar-refractivity contribution in [1.82, 2.24) is 9.55 Å². The number of aromatic nitrogens is 2. The smallest absolute Gasteiger partial charge is 0.410 e. The highest BCUT2D eigenvalue weighted by molar-refractivity contribution is 7.10. The van der Waals surface area contributed by atoms with Gasteiger partial charge in [-0.3, -0.25) is 0 Å². The van der Waals surface area contributed by atoms with Crippen LogP contribution in [0.2, 0.25) is 0 Å². The molecule has 0 N–H and O–H groups in total. The van der Waals surface area contributed by atoms with Crippen LogP contribution in [0.15, 0.2) is 60.2 Å². The van der Waals surface area contributed by atoms with Crippen molar-refractivity contribution in [2.24, 2.45) is 0 Å². The Balaban J connectivity index is 1.86. The monoisotopic (exact) mass is 406 g/mol. The van der Waals surface area contributed by atoms with E-state index in [1.807, 2.05) is 0 Å². The Morgan fingerprint density at radius 3 is 2.57 bits per heavy atom. The molecule has 3 heterocycles. The van der Waals surface area contributed by atoms with Gasteiger partial charge in [-0.2, -0.15) is 13.2 Å². The van der Waals surface area contributed by atoms with Gasteiger partial charge in [0.15, 0.2) is 0 Å². The van der Waals surface area contributed by atoms with E-state index in [-0.39, 0.29) is 27.9 Å². The topological polar surface area (TPSA) is 44.1 Å². The second kappa shape index (κ2) is 6.75. The van der Waals surface area contributed by atoms with Gasteiger partial charge in [0, 0.05) is 22.7 Å². The number of fused-ring (bicyclic) bond motifs is 1. The minimum absolute atomic E-state index is 0.00310. The number of ether oxygens (including phenoxy) is 1. The van der Waals surface area contributed by atoms with Crippen LogP contribution in [0.25, 0.3) is 22.2 Å². The number of rotatable bonds is 2. The Labute approximate surface area is 159 Å². The molecule has 0 saturated heterocycles. The van der Waals surface area contributed by atoms with E-state index in [0.29, 0.717) is 11.3 Å². The van der Waals surface area contributed by atoms with Crippen LogP contribution >= 0.6 is 11.3 Å². The number of pyridine rings is 1. The predicted octanol–water partition coefficient (Wildman–Crippen LogP) is 5.97. The van der Waals surface area contributed by atoms with Crippen LogP contribution in [0.1, 0.15) is 4.88 Å². The zero-order valence-electron chi connectivity index (χ0n) is 13.9. The SMILES string of the molecule is O=C(Oc1ccccc1)n1cc(-c2ccsc2C(F)(F)F)c2cc(F)cnc21. The van der Waals surface area contributed by atoms with E-state index in [1.165, 1.54) is 17.6 Å². The number of carbonyl (C=O) groups excluding carboxylic acids is 1. The molecule has 142 valence electrons. The summed E-state index contributed by atoms with van der Waals surface area (Å²) < 4.78 is 59.9. The van der Waals surface area contributed by atoms with Gasteiger partial charge in [-0.15, -0.1) is 11.3 Å². The number of hydrogen-bond acceptors (Lipinski definition) is 4. The lowest BCUT2D eigenvalue weighted by Gasteiger charge is -2.06. The normalized spacial score (nSPS) is 11.7. The van der Waals surface area contributed by atoms with Gasteiger partial charge in [-0.05, 0) is 29.6 Å². The number of nitrogens with zero attached hydrogens (tertiary/aromatic N) is 2.